The molecule has 0 bridgehead atoms. The molecule has 3 aromatic rings. The van der Waals surface area contributed by atoms with Crippen LogP contribution in [0.2, 0.25) is 0 Å². The molecule has 2 heterocycles. The number of aliphatic carboxylic acids is 1. The fourth-order valence-corrected chi connectivity index (χ4v) is 3.49. The molecule has 1 fully saturated rings. The summed E-state index contributed by atoms with van der Waals surface area (Å²) >= 11 is 0. The van der Waals surface area contributed by atoms with Crippen molar-refractivity contribution < 1.29 is 59.5 Å². The van der Waals surface area contributed by atoms with Crippen LogP contribution in [0, 0.1) is 0 Å². The van der Waals surface area contributed by atoms with Gasteiger partial charge in [0.15, 0.2) is 23.4 Å². The molecule has 1 aliphatic heterocycles. The monoisotopic (exact) mass is 478 g/mol. The van der Waals surface area contributed by atoms with Crippen molar-refractivity contribution >= 4 is 16.9 Å². The molecule has 34 heavy (non-hydrogen) atoms. The first-order valence-corrected chi connectivity index (χ1v) is 9.64. The smallest absolute Gasteiger partial charge is 0.335 e. The van der Waals surface area contributed by atoms with E-state index in [0.29, 0.717) is 0 Å². The summed E-state index contributed by atoms with van der Waals surface area (Å²) in [5.41, 5.74) is -1.38. The molecule has 0 unspecified atom stereocenters. The summed E-state index contributed by atoms with van der Waals surface area (Å²) in [6, 6.07) is 5.25. The molecule has 8 N–H and O–H groups in total. The number of aromatic hydroxyl groups is 4. The van der Waals surface area contributed by atoms with Gasteiger partial charge in [-0.3, -0.25) is 4.79 Å². The number of hydrogen-bond acceptors (Lipinski definition) is 12. The zero-order chi connectivity index (χ0) is 24.9. The van der Waals surface area contributed by atoms with Crippen LogP contribution in [0.25, 0.3) is 22.3 Å². The molecule has 0 radical (unpaired) electrons. The summed E-state index contributed by atoms with van der Waals surface area (Å²) < 4.78 is 15.9. The second kappa shape index (κ2) is 8.39. The standard InChI is InChI=1S/C21H18O13/c22-7-4-10-12(13(25)15(27)18(32-10)6-1-2-8(23)9(24)3-6)11(5-7)33-21-17(29)14(26)16(28)19(34-21)20(30)31/h1-5,14,16-17,19,21-24,26-29H,(H,30,31)/t14-,16-,17+,19-,21+/m0/s1. The first-order chi connectivity index (χ1) is 16.0. The number of ether oxygens (including phenoxy) is 2. The van der Waals surface area contributed by atoms with Gasteiger partial charge in [0, 0.05) is 17.7 Å². The van der Waals surface area contributed by atoms with Crippen LogP contribution in [0.5, 0.6) is 28.7 Å². The van der Waals surface area contributed by atoms with Crippen molar-refractivity contribution in [3.8, 4) is 40.1 Å². The topological polar surface area (TPSA) is 228 Å². The Morgan fingerprint density at radius 1 is 0.912 bits per heavy atom. The van der Waals surface area contributed by atoms with E-state index >= 15 is 0 Å². The number of phenolic OH excluding ortho intramolecular Hbond substituents is 3. The SMILES string of the molecule is O=C(O)[C@H]1O[C@@H](Oc2cc(O)cc3oc(-c4ccc(O)c(O)c4)c(O)c(=O)c23)[C@H](O)[C@@H](O)[C@@H]1O. The lowest BCUT2D eigenvalue weighted by Crippen LogP contribution is -2.61. The molecule has 5 atom stereocenters. The fourth-order valence-electron chi connectivity index (χ4n) is 3.49. The largest absolute Gasteiger partial charge is 0.508 e. The molecule has 0 amide bonds. The lowest BCUT2D eigenvalue weighted by Gasteiger charge is -2.38. The number of aliphatic hydroxyl groups is 3. The van der Waals surface area contributed by atoms with E-state index < -0.39 is 82.0 Å². The molecule has 13 nitrogen and oxygen atoms in total. The second-order valence-electron chi connectivity index (χ2n) is 7.48. The first-order valence-electron chi connectivity index (χ1n) is 9.64. The Kier molecular flexibility index (Phi) is 5.70. The van der Waals surface area contributed by atoms with Crippen molar-refractivity contribution in [2.75, 3.05) is 0 Å². The van der Waals surface area contributed by atoms with Gasteiger partial charge in [0.05, 0.1) is 0 Å². The quantitative estimate of drug-likeness (QED) is 0.223. The first kappa shape index (κ1) is 23.1. The van der Waals surface area contributed by atoms with E-state index in [9.17, 15) is 45.3 Å². The summed E-state index contributed by atoms with van der Waals surface area (Å²) in [7, 11) is 0. The third-order valence-electron chi connectivity index (χ3n) is 5.21. The molecule has 4 rings (SSSR count). The molecule has 1 saturated heterocycles. The summed E-state index contributed by atoms with van der Waals surface area (Å²) in [6.45, 7) is 0. The second-order valence-corrected chi connectivity index (χ2v) is 7.48. The summed E-state index contributed by atoms with van der Waals surface area (Å²) in [6.07, 6.45) is -9.80. The van der Waals surface area contributed by atoms with Gasteiger partial charge in [-0.2, -0.15) is 0 Å². The van der Waals surface area contributed by atoms with Gasteiger partial charge < -0.3 is 54.7 Å². The Bertz CT molecular complexity index is 1330. The molecular weight excluding hydrogens is 460 g/mol. The number of carboxylic acids is 1. The van der Waals surface area contributed by atoms with Crippen LogP contribution in [0.1, 0.15) is 0 Å². The van der Waals surface area contributed by atoms with Gasteiger partial charge in [-0.25, -0.2) is 4.79 Å². The van der Waals surface area contributed by atoms with E-state index in [1.54, 1.807) is 0 Å². The van der Waals surface area contributed by atoms with Gasteiger partial charge in [-0.05, 0) is 18.2 Å². The predicted octanol–water partition coefficient (Wildman–Crippen LogP) is -0.447. The van der Waals surface area contributed by atoms with Crippen molar-refractivity contribution in [3.05, 3.63) is 40.6 Å². The molecule has 0 spiro atoms. The number of benzene rings is 2. The molecule has 13 heteroatoms. The maximum absolute atomic E-state index is 12.9. The normalized spacial score (nSPS) is 24.7. The molecule has 1 aromatic heterocycles. The van der Waals surface area contributed by atoms with E-state index in [2.05, 4.69) is 0 Å². The van der Waals surface area contributed by atoms with Gasteiger partial charge in [0.25, 0.3) is 0 Å². The Labute approximate surface area is 188 Å². The highest BCUT2D eigenvalue weighted by Gasteiger charge is 2.48. The minimum atomic E-state index is -1.98. The van der Waals surface area contributed by atoms with Crippen LogP contribution < -0.4 is 10.2 Å². The lowest BCUT2D eigenvalue weighted by molar-refractivity contribution is -0.270. The Hall–Kier alpha value is -4.04. The average molecular weight is 478 g/mol. The number of aliphatic hydroxyl groups excluding tert-OH is 3. The van der Waals surface area contributed by atoms with Gasteiger partial charge >= 0.3 is 5.97 Å². The van der Waals surface area contributed by atoms with E-state index in [1.165, 1.54) is 6.07 Å². The van der Waals surface area contributed by atoms with Crippen LogP contribution in [-0.2, 0) is 9.53 Å². The Balaban J connectivity index is 1.82. The minimum absolute atomic E-state index is 0.00468. The highest BCUT2D eigenvalue weighted by Crippen LogP contribution is 2.39. The molecule has 2 aromatic carbocycles. The number of phenols is 3. The summed E-state index contributed by atoms with van der Waals surface area (Å²) in [5.74, 6) is -5.03. The summed E-state index contributed by atoms with van der Waals surface area (Å²) in [5, 5.41) is 78.3. The van der Waals surface area contributed by atoms with Gasteiger partial charge in [-0.15, -0.1) is 0 Å². The fraction of sp³-hybridized carbons (Fsp3) is 0.238. The maximum Gasteiger partial charge on any atom is 0.335 e. The van der Waals surface area contributed by atoms with Crippen molar-refractivity contribution in [2.24, 2.45) is 0 Å². The Morgan fingerprint density at radius 3 is 2.26 bits per heavy atom. The highest BCUT2D eigenvalue weighted by molar-refractivity contribution is 5.88. The highest BCUT2D eigenvalue weighted by atomic mass is 16.7. The number of fused-ring (bicyclic) bond motifs is 1. The van der Waals surface area contributed by atoms with E-state index in [-0.39, 0.29) is 11.1 Å². The van der Waals surface area contributed by atoms with Crippen molar-refractivity contribution in [3.63, 3.8) is 0 Å². The van der Waals surface area contributed by atoms with Crippen LogP contribution in [-0.4, -0.2) is 77.5 Å². The number of hydrogen-bond donors (Lipinski definition) is 8. The molecule has 0 saturated carbocycles. The zero-order valence-corrected chi connectivity index (χ0v) is 16.9. The minimum Gasteiger partial charge on any atom is -0.508 e. The van der Waals surface area contributed by atoms with Gasteiger partial charge in [0.1, 0.15) is 40.8 Å². The third-order valence-corrected chi connectivity index (χ3v) is 5.21. The Morgan fingerprint density at radius 2 is 1.62 bits per heavy atom. The van der Waals surface area contributed by atoms with Crippen LogP contribution in [0.3, 0.4) is 0 Å². The maximum atomic E-state index is 12.9. The molecule has 180 valence electrons. The average Bonchev–Trinajstić information content (AvgIpc) is 2.77. The number of rotatable bonds is 4. The lowest BCUT2D eigenvalue weighted by atomic mass is 9.99. The van der Waals surface area contributed by atoms with E-state index in [4.69, 9.17) is 19.0 Å². The predicted molar refractivity (Wildman–Crippen MR) is 110 cm³/mol. The van der Waals surface area contributed by atoms with E-state index in [1.807, 2.05) is 0 Å². The molecular formula is C21H18O13. The van der Waals surface area contributed by atoms with Crippen molar-refractivity contribution in [1.82, 2.24) is 0 Å². The van der Waals surface area contributed by atoms with E-state index in [0.717, 1.165) is 24.3 Å². The molecule has 1 aliphatic rings. The number of carboxylic acid groups (broad SMARTS) is 1. The van der Waals surface area contributed by atoms with Crippen LogP contribution >= 0.6 is 0 Å². The third kappa shape index (κ3) is 3.82. The van der Waals surface area contributed by atoms with Crippen LogP contribution in [0.4, 0.5) is 0 Å². The van der Waals surface area contributed by atoms with Crippen LogP contribution in [0.15, 0.2) is 39.5 Å². The molecule has 0 aliphatic carbocycles. The zero-order valence-electron chi connectivity index (χ0n) is 16.9. The van der Waals surface area contributed by atoms with Gasteiger partial charge in [-0.1, -0.05) is 0 Å². The van der Waals surface area contributed by atoms with Crippen molar-refractivity contribution in [2.45, 2.75) is 30.7 Å². The summed E-state index contributed by atoms with van der Waals surface area (Å²) in [4.78, 5) is 24.2. The van der Waals surface area contributed by atoms with Gasteiger partial charge in [0.2, 0.25) is 17.5 Å². The number of carbonyl (C=O) groups is 1. The van der Waals surface area contributed by atoms with Crippen molar-refractivity contribution in [1.29, 1.82) is 0 Å².